The van der Waals surface area contributed by atoms with Crippen LogP contribution < -0.4 is 9.88 Å². The highest BCUT2D eigenvalue weighted by Gasteiger charge is 2.27. The van der Waals surface area contributed by atoms with Crippen molar-refractivity contribution in [2.75, 3.05) is 44.2 Å². The van der Waals surface area contributed by atoms with Gasteiger partial charge in [-0.25, -0.2) is 4.98 Å². The summed E-state index contributed by atoms with van der Waals surface area (Å²) in [5, 5.41) is 0. The van der Waals surface area contributed by atoms with Gasteiger partial charge in [-0.3, -0.25) is 14.5 Å². The second-order valence-electron chi connectivity index (χ2n) is 8.21. The van der Waals surface area contributed by atoms with Crippen molar-refractivity contribution in [3.05, 3.63) is 24.4 Å². The number of piperazine rings is 1. The minimum atomic E-state index is 0.180. The molecule has 1 aromatic heterocycles. The van der Waals surface area contributed by atoms with Crippen LogP contribution in [0.2, 0.25) is 0 Å². The fraction of sp³-hybridized carbons (Fsp3) is 0.667. The lowest BCUT2D eigenvalue weighted by Crippen LogP contribution is -2.50. The zero-order valence-corrected chi connectivity index (χ0v) is 16.7. The number of aromatic nitrogens is 1. The van der Waals surface area contributed by atoms with Crippen LogP contribution in [0.1, 0.15) is 39.5 Å². The molecule has 2 atom stereocenters. The average Bonchev–Trinajstić information content (AvgIpc) is 2.68. The second-order valence-corrected chi connectivity index (χ2v) is 8.21. The Morgan fingerprint density at radius 3 is 2.19 bits per heavy atom. The van der Waals surface area contributed by atoms with E-state index in [-0.39, 0.29) is 11.8 Å². The van der Waals surface area contributed by atoms with E-state index in [0.717, 1.165) is 45.1 Å². The summed E-state index contributed by atoms with van der Waals surface area (Å²) < 4.78 is 0. The van der Waals surface area contributed by atoms with Crippen molar-refractivity contribution in [3.8, 4) is 0 Å². The molecule has 0 saturated carbocycles. The van der Waals surface area contributed by atoms with E-state index in [9.17, 15) is 9.59 Å². The maximum atomic E-state index is 12.5. The molecule has 2 fully saturated rings. The van der Waals surface area contributed by atoms with Crippen molar-refractivity contribution >= 4 is 17.6 Å². The van der Waals surface area contributed by atoms with Crippen molar-refractivity contribution in [3.63, 3.8) is 0 Å². The molecule has 0 spiro atoms. The lowest BCUT2D eigenvalue weighted by molar-refractivity contribution is -0.364. The number of carbonyl (C=O) groups excluding carboxylic acids is 2. The first-order chi connectivity index (χ1) is 13.0. The summed E-state index contributed by atoms with van der Waals surface area (Å²) >= 11 is 0. The molecule has 3 rings (SSSR count). The van der Waals surface area contributed by atoms with Crippen LogP contribution in [-0.4, -0.2) is 60.9 Å². The van der Waals surface area contributed by atoms with Gasteiger partial charge in [0.2, 0.25) is 11.8 Å². The topological polar surface area (TPSA) is 58.0 Å². The molecule has 2 aliphatic rings. The average molecular weight is 374 g/mol. The number of rotatable bonds is 5. The molecule has 3 heterocycles. The Kier molecular flexibility index (Phi) is 6.69. The van der Waals surface area contributed by atoms with E-state index in [4.69, 9.17) is 0 Å². The lowest BCUT2D eigenvalue weighted by Gasteiger charge is -2.35. The Balaban J connectivity index is 1.37. The number of likely N-dealkylation sites (tertiary alicyclic amines) is 1. The van der Waals surface area contributed by atoms with Crippen molar-refractivity contribution in [2.24, 2.45) is 11.8 Å². The third-order valence-corrected chi connectivity index (χ3v) is 5.67. The third-order valence-electron chi connectivity index (χ3n) is 5.67. The summed E-state index contributed by atoms with van der Waals surface area (Å²) in [5.74, 6) is 2.65. The molecule has 0 aliphatic carbocycles. The monoisotopic (exact) mass is 373 g/mol. The number of nitrogens with zero attached hydrogens (tertiary/aromatic N) is 3. The SMILES string of the molecule is C[C@H]1C[C@H](C)CN(C(=O)CCCC(=O)N2CCN(c3cccc[nH+]3)CC2)C1. The summed E-state index contributed by atoms with van der Waals surface area (Å²) in [6, 6.07) is 6.05. The van der Waals surface area contributed by atoms with Crippen molar-refractivity contribution in [1.82, 2.24) is 9.80 Å². The van der Waals surface area contributed by atoms with Crippen molar-refractivity contribution in [2.45, 2.75) is 39.5 Å². The quantitative estimate of drug-likeness (QED) is 0.791. The zero-order chi connectivity index (χ0) is 19.2. The molecule has 2 amide bonds. The van der Waals surface area contributed by atoms with Crippen LogP contribution in [0.15, 0.2) is 24.4 Å². The van der Waals surface area contributed by atoms with Crippen LogP contribution in [0, 0.1) is 11.8 Å². The molecule has 6 heteroatoms. The molecule has 1 aromatic rings. The van der Waals surface area contributed by atoms with Gasteiger partial charge in [0.05, 0.1) is 19.3 Å². The summed E-state index contributed by atoms with van der Waals surface area (Å²) in [4.78, 5) is 34.4. The van der Waals surface area contributed by atoms with Crippen LogP contribution in [-0.2, 0) is 9.59 Å². The largest absolute Gasteiger partial charge is 0.342 e. The van der Waals surface area contributed by atoms with E-state index in [2.05, 4.69) is 29.8 Å². The summed E-state index contributed by atoms with van der Waals surface area (Å²) in [6.45, 7) is 9.35. The molecule has 6 nitrogen and oxygen atoms in total. The van der Waals surface area contributed by atoms with E-state index in [1.165, 1.54) is 6.42 Å². The molecule has 0 unspecified atom stereocenters. The Bertz CT molecular complexity index is 618. The highest BCUT2D eigenvalue weighted by molar-refractivity contribution is 5.79. The predicted molar refractivity (Wildman–Crippen MR) is 105 cm³/mol. The highest BCUT2D eigenvalue weighted by atomic mass is 16.2. The third kappa shape index (κ3) is 5.44. The van der Waals surface area contributed by atoms with E-state index in [1.807, 2.05) is 28.1 Å². The fourth-order valence-electron chi connectivity index (χ4n) is 4.35. The van der Waals surface area contributed by atoms with E-state index in [0.29, 0.717) is 31.1 Å². The predicted octanol–water partition coefficient (Wildman–Crippen LogP) is 1.82. The molecular weight excluding hydrogens is 340 g/mol. The summed E-state index contributed by atoms with van der Waals surface area (Å²) in [5.41, 5.74) is 0. The maximum absolute atomic E-state index is 12.5. The van der Waals surface area contributed by atoms with E-state index < -0.39 is 0 Å². The molecule has 148 valence electrons. The van der Waals surface area contributed by atoms with Crippen molar-refractivity contribution < 1.29 is 14.6 Å². The van der Waals surface area contributed by atoms with Gasteiger partial charge in [0, 0.05) is 32.0 Å². The van der Waals surface area contributed by atoms with Gasteiger partial charge in [0.15, 0.2) is 0 Å². The lowest BCUT2D eigenvalue weighted by atomic mass is 9.91. The number of hydrogen-bond donors (Lipinski definition) is 0. The van der Waals surface area contributed by atoms with Crippen LogP contribution >= 0.6 is 0 Å². The molecule has 0 bridgehead atoms. The minimum absolute atomic E-state index is 0.180. The smallest absolute Gasteiger partial charge is 0.274 e. The van der Waals surface area contributed by atoms with Gasteiger partial charge in [-0.15, -0.1) is 0 Å². The molecule has 0 radical (unpaired) electrons. The van der Waals surface area contributed by atoms with Gasteiger partial charge < -0.3 is 9.80 Å². The number of piperidine rings is 1. The normalized spacial score (nSPS) is 23.4. The molecule has 2 aliphatic heterocycles. The van der Waals surface area contributed by atoms with Crippen LogP contribution in [0.5, 0.6) is 0 Å². The maximum Gasteiger partial charge on any atom is 0.274 e. The Hall–Kier alpha value is -2.11. The minimum Gasteiger partial charge on any atom is -0.342 e. The Labute approximate surface area is 162 Å². The van der Waals surface area contributed by atoms with Gasteiger partial charge in [-0.2, -0.15) is 0 Å². The summed E-state index contributed by atoms with van der Waals surface area (Å²) in [6.07, 6.45) is 4.75. The van der Waals surface area contributed by atoms with Gasteiger partial charge in [0.1, 0.15) is 13.1 Å². The van der Waals surface area contributed by atoms with E-state index in [1.54, 1.807) is 0 Å². The Morgan fingerprint density at radius 1 is 0.963 bits per heavy atom. The first kappa shape index (κ1) is 19.6. The standard InChI is InChI=1S/C21H32N4O2/c1-17-14-18(2)16-25(15-17)21(27)8-5-7-20(26)24-12-10-23(11-13-24)19-6-3-4-9-22-19/h3-4,6,9,17-18H,5,7-8,10-16H2,1-2H3/p+1/t17-,18-/m0/s1. The van der Waals surface area contributed by atoms with Crippen LogP contribution in [0.4, 0.5) is 5.82 Å². The number of carbonyl (C=O) groups is 2. The number of pyridine rings is 1. The fourth-order valence-corrected chi connectivity index (χ4v) is 4.35. The highest BCUT2D eigenvalue weighted by Crippen LogP contribution is 2.22. The van der Waals surface area contributed by atoms with Crippen LogP contribution in [0.25, 0.3) is 0 Å². The van der Waals surface area contributed by atoms with Crippen LogP contribution in [0.3, 0.4) is 0 Å². The molecule has 1 N–H and O–H groups in total. The van der Waals surface area contributed by atoms with Gasteiger partial charge in [0.25, 0.3) is 5.82 Å². The molecule has 2 saturated heterocycles. The number of amides is 2. The number of nitrogens with one attached hydrogen (secondary N) is 1. The second kappa shape index (κ2) is 9.20. The molecule has 27 heavy (non-hydrogen) atoms. The number of anilines is 1. The first-order valence-corrected chi connectivity index (χ1v) is 10.3. The Morgan fingerprint density at radius 2 is 1.59 bits per heavy atom. The summed E-state index contributed by atoms with van der Waals surface area (Å²) in [7, 11) is 0. The van der Waals surface area contributed by atoms with Crippen molar-refractivity contribution in [1.29, 1.82) is 0 Å². The molecular formula is C21H33N4O2+. The van der Waals surface area contributed by atoms with Gasteiger partial charge in [-0.1, -0.05) is 19.9 Å². The zero-order valence-electron chi connectivity index (χ0n) is 16.7. The van der Waals surface area contributed by atoms with E-state index >= 15 is 0 Å². The first-order valence-electron chi connectivity index (χ1n) is 10.3. The molecule has 0 aromatic carbocycles. The number of H-pyrrole nitrogens is 1. The van der Waals surface area contributed by atoms with Gasteiger partial charge in [-0.05, 0) is 30.7 Å². The number of aromatic amines is 1. The van der Waals surface area contributed by atoms with Gasteiger partial charge >= 0.3 is 0 Å². The number of hydrogen-bond acceptors (Lipinski definition) is 3.